The van der Waals surface area contributed by atoms with Crippen molar-refractivity contribution in [3.05, 3.63) is 40.0 Å². The summed E-state index contributed by atoms with van der Waals surface area (Å²) in [5, 5.41) is 0. The quantitative estimate of drug-likeness (QED) is 0.805. The lowest BCUT2D eigenvalue weighted by Crippen LogP contribution is -2.24. The molecule has 1 aromatic carbocycles. The highest BCUT2D eigenvalue weighted by Gasteiger charge is 2.16. The number of hydrogen-bond acceptors (Lipinski definition) is 4. The van der Waals surface area contributed by atoms with Crippen LogP contribution in [0.5, 0.6) is 17.5 Å². The van der Waals surface area contributed by atoms with Crippen molar-refractivity contribution in [2.45, 2.75) is 26.4 Å². The third-order valence-electron chi connectivity index (χ3n) is 2.29. The van der Waals surface area contributed by atoms with Gasteiger partial charge in [0, 0.05) is 9.64 Å². The minimum atomic E-state index is -0.359. The van der Waals surface area contributed by atoms with E-state index in [-0.39, 0.29) is 5.60 Å². The number of halogens is 1. The maximum atomic E-state index is 5.87. The zero-order chi connectivity index (χ0) is 14.8. The SMILES string of the molecule is CC(C)(C)Oc1nc(Oc2cccc(I)c2)ccc1N. The van der Waals surface area contributed by atoms with Gasteiger partial charge >= 0.3 is 0 Å². The molecule has 1 aromatic heterocycles. The van der Waals surface area contributed by atoms with Crippen molar-refractivity contribution < 1.29 is 9.47 Å². The highest BCUT2D eigenvalue weighted by Crippen LogP contribution is 2.28. The first-order chi connectivity index (χ1) is 9.33. The number of nitrogens with zero attached hydrogens (tertiary/aromatic N) is 1. The first-order valence-corrected chi connectivity index (χ1v) is 7.30. The fraction of sp³-hybridized carbons (Fsp3) is 0.267. The van der Waals surface area contributed by atoms with Gasteiger partial charge in [-0.15, -0.1) is 0 Å². The summed E-state index contributed by atoms with van der Waals surface area (Å²) in [4.78, 5) is 4.31. The van der Waals surface area contributed by atoms with Gasteiger partial charge in [-0.2, -0.15) is 4.98 Å². The highest BCUT2D eigenvalue weighted by atomic mass is 127. The van der Waals surface area contributed by atoms with E-state index >= 15 is 0 Å². The molecule has 0 fully saturated rings. The average Bonchev–Trinajstić information content (AvgIpc) is 2.32. The van der Waals surface area contributed by atoms with E-state index in [0.717, 1.165) is 9.32 Å². The summed E-state index contributed by atoms with van der Waals surface area (Å²) in [7, 11) is 0. The second-order valence-electron chi connectivity index (χ2n) is 5.32. The fourth-order valence-corrected chi connectivity index (χ4v) is 2.03. The summed E-state index contributed by atoms with van der Waals surface area (Å²) in [6.45, 7) is 5.84. The van der Waals surface area contributed by atoms with Crippen LogP contribution < -0.4 is 15.2 Å². The Morgan fingerprint density at radius 3 is 2.55 bits per heavy atom. The van der Waals surface area contributed by atoms with Crippen LogP contribution in [0, 0.1) is 3.57 Å². The minimum absolute atomic E-state index is 0.359. The lowest BCUT2D eigenvalue weighted by Gasteiger charge is -2.21. The number of benzene rings is 1. The molecule has 0 saturated carbocycles. The molecule has 4 nitrogen and oxygen atoms in total. The number of nitrogen functional groups attached to an aromatic ring is 1. The van der Waals surface area contributed by atoms with Gasteiger partial charge in [0.25, 0.3) is 0 Å². The monoisotopic (exact) mass is 384 g/mol. The molecule has 5 heteroatoms. The van der Waals surface area contributed by atoms with Gasteiger partial charge in [0.1, 0.15) is 11.4 Å². The Balaban J connectivity index is 2.23. The van der Waals surface area contributed by atoms with Crippen LogP contribution in [0.1, 0.15) is 20.8 Å². The number of hydrogen-bond donors (Lipinski definition) is 1. The second kappa shape index (κ2) is 5.87. The Labute approximate surface area is 132 Å². The maximum absolute atomic E-state index is 5.87. The summed E-state index contributed by atoms with van der Waals surface area (Å²) in [6, 6.07) is 11.2. The van der Waals surface area contributed by atoms with Gasteiger partial charge in [-0.05, 0) is 67.6 Å². The molecular formula is C15H17IN2O2. The molecule has 0 bridgehead atoms. The van der Waals surface area contributed by atoms with Crippen molar-refractivity contribution in [1.29, 1.82) is 0 Å². The average molecular weight is 384 g/mol. The van der Waals surface area contributed by atoms with Gasteiger partial charge in [0.05, 0.1) is 5.69 Å². The van der Waals surface area contributed by atoms with E-state index in [0.29, 0.717) is 17.4 Å². The molecule has 0 unspecified atom stereocenters. The van der Waals surface area contributed by atoms with E-state index in [1.807, 2.05) is 45.0 Å². The molecule has 106 valence electrons. The lowest BCUT2D eigenvalue weighted by molar-refractivity contribution is 0.124. The number of ether oxygens (including phenoxy) is 2. The summed E-state index contributed by atoms with van der Waals surface area (Å²) in [6.07, 6.45) is 0. The van der Waals surface area contributed by atoms with Crippen LogP contribution in [0.2, 0.25) is 0 Å². The third-order valence-corrected chi connectivity index (χ3v) is 2.96. The summed E-state index contributed by atoms with van der Waals surface area (Å²) in [5.41, 5.74) is 6.01. The van der Waals surface area contributed by atoms with Crippen molar-refractivity contribution in [2.24, 2.45) is 0 Å². The van der Waals surface area contributed by atoms with Crippen molar-refractivity contribution >= 4 is 28.3 Å². The summed E-state index contributed by atoms with van der Waals surface area (Å²) in [5.74, 6) is 1.58. The van der Waals surface area contributed by atoms with Gasteiger partial charge in [0.2, 0.25) is 11.8 Å². The van der Waals surface area contributed by atoms with Crippen LogP contribution in [0.3, 0.4) is 0 Å². The Hall–Kier alpha value is -1.50. The Kier molecular flexibility index (Phi) is 4.37. The summed E-state index contributed by atoms with van der Waals surface area (Å²) >= 11 is 2.23. The van der Waals surface area contributed by atoms with Gasteiger partial charge in [-0.3, -0.25) is 0 Å². The van der Waals surface area contributed by atoms with Crippen LogP contribution in [-0.2, 0) is 0 Å². The molecular weight excluding hydrogens is 367 g/mol. The molecule has 20 heavy (non-hydrogen) atoms. The molecule has 1 heterocycles. The van der Waals surface area contributed by atoms with E-state index in [9.17, 15) is 0 Å². The molecule has 0 aliphatic carbocycles. The standard InChI is InChI=1S/C15H17IN2O2/c1-15(2,3)20-14-12(17)7-8-13(18-14)19-11-6-4-5-10(16)9-11/h4-9H,17H2,1-3H3. The van der Waals surface area contributed by atoms with E-state index in [2.05, 4.69) is 27.6 Å². The van der Waals surface area contributed by atoms with Crippen LogP contribution >= 0.6 is 22.6 Å². The Bertz CT molecular complexity index is 609. The van der Waals surface area contributed by atoms with Crippen LogP contribution in [-0.4, -0.2) is 10.6 Å². The van der Waals surface area contributed by atoms with E-state index in [1.54, 1.807) is 12.1 Å². The molecule has 2 aromatic rings. The van der Waals surface area contributed by atoms with Gasteiger partial charge in [-0.1, -0.05) is 6.07 Å². The Morgan fingerprint density at radius 2 is 1.90 bits per heavy atom. The lowest BCUT2D eigenvalue weighted by atomic mass is 10.2. The zero-order valence-corrected chi connectivity index (χ0v) is 13.8. The topological polar surface area (TPSA) is 57.4 Å². The molecule has 0 aliphatic heterocycles. The molecule has 0 spiro atoms. The van der Waals surface area contributed by atoms with E-state index in [4.69, 9.17) is 15.2 Å². The number of pyridine rings is 1. The van der Waals surface area contributed by atoms with Crippen LogP contribution in [0.25, 0.3) is 0 Å². The van der Waals surface area contributed by atoms with Gasteiger partial charge < -0.3 is 15.2 Å². The fourth-order valence-electron chi connectivity index (χ4n) is 1.51. The van der Waals surface area contributed by atoms with Crippen LogP contribution in [0.15, 0.2) is 36.4 Å². The third kappa shape index (κ3) is 4.26. The van der Waals surface area contributed by atoms with E-state index < -0.39 is 0 Å². The first kappa shape index (κ1) is 14.9. The number of rotatable bonds is 3. The number of anilines is 1. The predicted molar refractivity (Wildman–Crippen MR) is 88.3 cm³/mol. The molecule has 0 atom stereocenters. The molecule has 2 rings (SSSR count). The van der Waals surface area contributed by atoms with Crippen LogP contribution in [0.4, 0.5) is 5.69 Å². The molecule has 2 N–H and O–H groups in total. The van der Waals surface area contributed by atoms with Crippen molar-refractivity contribution in [2.75, 3.05) is 5.73 Å². The Morgan fingerprint density at radius 1 is 1.15 bits per heavy atom. The maximum Gasteiger partial charge on any atom is 0.241 e. The number of nitrogens with two attached hydrogens (primary N) is 1. The second-order valence-corrected chi connectivity index (χ2v) is 6.56. The predicted octanol–water partition coefficient (Wildman–Crippen LogP) is 4.24. The summed E-state index contributed by atoms with van der Waals surface area (Å²) < 4.78 is 12.5. The first-order valence-electron chi connectivity index (χ1n) is 6.22. The molecule has 0 amide bonds. The smallest absolute Gasteiger partial charge is 0.241 e. The molecule has 0 radical (unpaired) electrons. The largest absolute Gasteiger partial charge is 0.470 e. The van der Waals surface area contributed by atoms with Crippen molar-refractivity contribution in [3.63, 3.8) is 0 Å². The van der Waals surface area contributed by atoms with E-state index in [1.165, 1.54) is 0 Å². The molecule has 0 aliphatic rings. The zero-order valence-electron chi connectivity index (χ0n) is 11.7. The normalized spacial score (nSPS) is 11.2. The van der Waals surface area contributed by atoms with Crippen molar-refractivity contribution in [1.82, 2.24) is 4.98 Å². The van der Waals surface area contributed by atoms with Gasteiger partial charge in [-0.25, -0.2) is 0 Å². The minimum Gasteiger partial charge on any atom is -0.470 e. The highest BCUT2D eigenvalue weighted by molar-refractivity contribution is 14.1. The molecule has 0 saturated heterocycles. The van der Waals surface area contributed by atoms with Gasteiger partial charge in [0.15, 0.2) is 0 Å². The van der Waals surface area contributed by atoms with Crippen molar-refractivity contribution in [3.8, 4) is 17.5 Å². The number of aromatic nitrogens is 1.